The molecule has 1 saturated carbocycles. The molecule has 3 aromatic rings. The van der Waals surface area contributed by atoms with Gasteiger partial charge in [-0.15, -0.1) is 21.5 Å². The standard InChI is InChI=1S/C26H32N6S/c1-15-17(3)33-25-22(15)23(29-16(2)24-31-30-18(4)32(24)25)20-5-6-21(28-13-20)19-7-9-26(10-8-19)11-12-27-14-26/h5-6,13,16,19,27H,7-12,14H2,1-4H3. The van der Waals surface area contributed by atoms with Crippen molar-refractivity contribution in [2.24, 2.45) is 10.4 Å². The Morgan fingerprint density at radius 2 is 1.91 bits per heavy atom. The summed E-state index contributed by atoms with van der Waals surface area (Å²) in [6.45, 7) is 10.9. The van der Waals surface area contributed by atoms with Crippen molar-refractivity contribution in [3.05, 3.63) is 57.2 Å². The van der Waals surface area contributed by atoms with E-state index in [4.69, 9.17) is 9.98 Å². The quantitative estimate of drug-likeness (QED) is 0.571. The van der Waals surface area contributed by atoms with Crippen LogP contribution in [-0.2, 0) is 0 Å². The molecule has 6 rings (SSSR count). The maximum atomic E-state index is 5.16. The van der Waals surface area contributed by atoms with E-state index in [0.29, 0.717) is 11.3 Å². The topological polar surface area (TPSA) is 68.0 Å². The third-order valence-electron chi connectivity index (χ3n) is 8.21. The van der Waals surface area contributed by atoms with Crippen LogP contribution in [0.5, 0.6) is 0 Å². The molecule has 0 radical (unpaired) electrons. The normalized spacial score (nSPS) is 26.7. The zero-order valence-corrected chi connectivity index (χ0v) is 20.8. The van der Waals surface area contributed by atoms with E-state index in [0.717, 1.165) is 22.9 Å². The fourth-order valence-electron chi connectivity index (χ4n) is 6.02. The molecular formula is C26H32N6S. The van der Waals surface area contributed by atoms with E-state index in [2.05, 4.69) is 59.2 Å². The SMILES string of the molecule is Cc1sc2c(c1C)C(c1ccc(C3CCC4(CCNC4)CC3)nc1)=NC(C)c1nnc(C)n1-2. The molecule has 1 aliphatic carbocycles. The summed E-state index contributed by atoms with van der Waals surface area (Å²) in [5.74, 6) is 2.41. The van der Waals surface area contributed by atoms with Gasteiger partial charge in [-0.05, 0) is 89.5 Å². The Balaban J connectivity index is 1.33. The van der Waals surface area contributed by atoms with Gasteiger partial charge in [-0.2, -0.15) is 0 Å². The second kappa shape index (κ2) is 7.84. The van der Waals surface area contributed by atoms with Gasteiger partial charge in [0.1, 0.15) is 16.9 Å². The van der Waals surface area contributed by atoms with Crippen molar-refractivity contribution >= 4 is 17.0 Å². The lowest BCUT2D eigenvalue weighted by Gasteiger charge is -2.36. The van der Waals surface area contributed by atoms with Gasteiger partial charge in [0.2, 0.25) is 0 Å². The molecule has 5 heterocycles. The number of hydrogen-bond acceptors (Lipinski definition) is 6. The Bertz CT molecular complexity index is 1220. The fourth-order valence-corrected chi connectivity index (χ4v) is 7.23. The first-order chi connectivity index (χ1) is 16.0. The minimum atomic E-state index is -0.0604. The molecule has 1 unspecified atom stereocenters. The Labute approximate surface area is 199 Å². The molecule has 3 aliphatic rings. The minimum Gasteiger partial charge on any atom is -0.316 e. The van der Waals surface area contributed by atoms with Crippen LogP contribution < -0.4 is 5.32 Å². The highest BCUT2D eigenvalue weighted by Crippen LogP contribution is 2.46. The van der Waals surface area contributed by atoms with E-state index in [1.54, 1.807) is 11.3 Å². The predicted octanol–water partition coefficient (Wildman–Crippen LogP) is 5.20. The van der Waals surface area contributed by atoms with Crippen molar-refractivity contribution in [2.75, 3.05) is 13.1 Å². The number of aryl methyl sites for hydroxylation is 2. The lowest BCUT2D eigenvalue weighted by molar-refractivity contribution is 0.197. The molecule has 3 aromatic heterocycles. The summed E-state index contributed by atoms with van der Waals surface area (Å²) in [4.78, 5) is 11.5. The van der Waals surface area contributed by atoms with E-state index in [-0.39, 0.29) is 6.04 Å². The van der Waals surface area contributed by atoms with Gasteiger partial charge in [0.15, 0.2) is 5.82 Å². The second-order valence-corrected chi connectivity index (χ2v) is 11.4. The molecule has 0 aromatic carbocycles. The first-order valence-electron chi connectivity index (χ1n) is 12.2. The number of nitrogens with zero attached hydrogens (tertiary/aromatic N) is 5. The molecule has 172 valence electrons. The molecule has 0 amide bonds. The van der Waals surface area contributed by atoms with Crippen molar-refractivity contribution in [2.45, 2.75) is 71.8 Å². The molecular weight excluding hydrogens is 428 g/mol. The van der Waals surface area contributed by atoms with Crippen LogP contribution in [0.1, 0.15) is 89.9 Å². The molecule has 2 fully saturated rings. The fraction of sp³-hybridized carbons (Fsp3) is 0.538. The average molecular weight is 461 g/mol. The van der Waals surface area contributed by atoms with Crippen LogP contribution in [0.25, 0.3) is 5.00 Å². The summed E-state index contributed by atoms with van der Waals surface area (Å²) in [6, 6.07) is 4.43. The van der Waals surface area contributed by atoms with Gasteiger partial charge in [-0.25, -0.2) is 0 Å². The van der Waals surface area contributed by atoms with Crippen molar-refractivity contribution in [3.63, 3.8) is 0 Å². The van der Waals surface area contributed by atoms with Crippen LogP contribution in [-0.4, -0.2) is 38.5 Å². The number of pyridine rings is 1. The zero-order valence-electron chi connectivity index (χ0n) is 20.0. The summed E-state index contributed by atoms with van der Waals surface area (Å²) >= 11 is 1.80. The molecule has 2 aliphatic heterocycles. The van der Waals surface area contributed by atoms with Crippen LogP contribution in [0.2, 0.25) is 0 Å². The van der Waals surface area contributed by atoms with Crippen LogP contribution >= 0.6 is 11.3 Å². The molecule has 1 atom stereocenters. The number of thiophene rings is 1. The summed E-state index contributed by atoms with van der Waals surface area (Å²) in [6.07, 6.45) is 8.57. The van der Waals surface area contributed by atoms with E-state index in [1.165, 1.54) is 71.9 Å². The van der Waals surface area contributed by atoms with Gasteiger partial charge >= 0.3 is 0 Å². The number of fused-ring (bicyclic) bond motifs is 3. The van der Waals surface area contributed by atoms with E-state index >= 15 is 0 Å². The third kappa shape index (κ3) is 3.39. The van der Waals surface area contributed by atoms with Gasteiger partial charge in [-0.1, -0.05) is 0 Å². The molecule has 1 saturated heterocycles. The lowest BCUT2D eigenvalue weighted by atomic mass is 9.69. The van der Waals surface area contributed by atoms with Crippen LogP contribution in [0.3, 0.4) is 0 Å². The number of aliphatic imine (C=N–C) groups is 1. The van der Waals surface area contributed by atoms with Crippen molar-refractivity contribution < 1.29 is 0 Å². The number of rotatable bonds is 2. The van der Waals surface area contributed by atoms with E-state index in [9.17, 15) is 0 Å². The minimum absolute atomic E-state index is 0.0604. The zero-order chi connectivity index (χ0) is 22.7. The summed E-state index contributed by atoms with van der Waals surface area (Å²) in [7, 11) is 0. The maximum Gasteiger partial charge on any atom is 0.162 e. The predicted molar refractivity (Wildman–Crippen MR) is 133 cm³/mol. The van der Waals surface area contributed by atoms with E-state index < -0.39 is 0 Å². The first kappa shape index (κ1) is 21.2. The van der Waals surface area contributed by atoms with Crippen molar-refractivity contribution in [3.8, 4) is 5.00 Å². The number of aromatic nitrogens is 4. The van der Waals surface area contributed by atoms with Crippen molar-refractivity contribution in [1.29, 1.82) is 0 Å². The van der Waals surface area contributed by atoms with Gasteiger partial charge < -0.3 is 5.32 Å². The molecule has 1 N–H and O–H groups in total. The van der Waals surface area contributed by atoms with Crippen LogP contribution in [0.15, 0.2) is 23.3 Å². The number of hydrogen-bond donors (Lipinski definition) is 1. The maximum absolute atomic E-state index is 5.16. The molecule has 6 nitrogen and oxygen atoms in total. The summed E-state index contributed by atoms with van der Waals surface area (Å²) in [5, 5.41) is 13.6. The molecule has 0 bridgehead atoms. The van der Waals surface area contributed by atoms with Gasteiger partial charge in [0.25, 0.3) is 0 Å². The van der Waals surface area contributed by atoms with Gasteiger partial charge in [0, 0.05) is 40.4 Å². The first-order valence-corrected chi connectivity index (χ1v) is 13.0. The molecule has 7 heteroatoms. The van der Waals surface area contributed by atoms with E-state index in [1.807, 2.05) is 6.92 Å². The summed E-state index contributed by atoms with van der Waals surface area (Å²) < 4.78 is 2.19. The highest BCUT2D eigenvalue weighted by atomic mass is 32.1. The summed E-state index contributed by atoms with van der Waals surface area (Å²) in [5.41, 5.74) is 6.42. The van der Waals surface area contributed by atoms with Gasteiger partial charge in [-0.3, -0.25) is 14.5 Å². The third-order valence-corrected chi connectivity index (χ3v) is 9.40. The Kier molecular flexibility index (Phi) is 5.03. The Morgan fingerprint density at radius 1 is 1.09 bits per heavy atom. The monoisotopic (exact) mass is 460 g/mol. The Hall–Kier alpha value is -2.38. The second-order valence-electron chi connectivity index (χ2n) is 10.2. The molecule has 1 spiro atoms. The number of nitrogens with one attached hydrogen (secondary N) is 1. The van der Waals surface area contributed by atoms with Crippen LogP contribution in [0.4, 0.5) is 0 Å². The smallest absolute Gasteiger partial charge is 0.162 e. The lowest BCUT2D eigenvalue weighted by Crippen LogP contribution is -2.29. The highest BCUT2D eigenvalue weighted by Gasteiger charge is 2.38. The van der Waals surface area contributed by atoms with Crippen molar-refractivity contribution in [1.82, 2.24) is 25.1 Å². The van der Waals surface area contributed by atoms with Crippen LogP contribution in [0, 0.1) is 26.2 Å². The average Bonchev–Trinajstić information content (AvgIpc) is 3.49. The van der Waals surface area contributed by atoms with Gasteiger partial charge in [0.05, 0.1) is 5.71 Å². The highest BCUT2D eigenvalue weighted by molar-refractivity contribution is 7.15. The molecule has 33 heavy (non-hydrogen) atoms. The Morgan fingerprint density at radius 3 is 2.61 bits per heavy atom. The largest absolute Gasteiger partial charge is 0.316 e.